The van der Waals surface area contributed by atoms with E-state index in [-0.39, 0.29) is 51.5 Å². The van der Waals surface area contributed by atoms with Crippen molar-refractivity contribution in [1.29, 1.82) is 0 Å². The van der Waals surface area contributed by atoms with Gasteiger partial charge in [-0.05, 0) is 37.0 Å². The molecule has 0 unspecified atom stereocenters. The van der Waals surface area contributed by atoms with Crippen molar-refractivity contribution in [3.05, 3.63) is 66.1 Å². The first-order valence-corrected chi connectivity index (χ1v) is 14.4. The minimum absolute atomic E-state index is 0.00967. The molecule has 42 heavy (non-hydrogen) atoms. The predicted octanol–water partition coefficient (Wildman–Crippen LogP) is 1.76. The van der Waals surface area contributed by atoms with Gasteiger partial charge in [0.15, 0.2) is 0 Å². The lowest BCUT2D eigenvalue weighted by atomic mass is 10.1. The Kier molecular flexibility index (Phi) is 9.32. The Labute approximate surface area is 244 Å². The molecule has 4 heterocycles. The van der Waals surface area contributed by atoms with Crippen LogP contribution in [0.15, 0.2) is 54.9 Å². The minimum Gasteiger partial charge on any atom is -0.445 e. The number of piperazine rings is 1. The first kappa shape index (κ1) is 29.1. The number of carbonyl (C=O) groups is 4. The van der Waals surface area contributed by atoms with E-state index in [1.54, 1.807) is 17.3 Å². The van der Waals surface area contributed by atoms with Crippen LogP contribution in [0, 0.1) is 0 Å². The van der Waals surface area contributed by atoms with Crippen LogP contribution >= 0.6 is 0 Å². The van der Waals surface area contributed by atoms with Crippen LogP contribution in [0.5, 0.6) is 0 Å². The van der Waals surface area contributed by atoms with Crippen LogP contribution in [0.4, 0.5) is 4.79 Å². The second-order valence-corrected chi connectivity index (χ2v) is 10.7. The summed E-state index contributed by atoms with van der Waals surface area (Å²) >= 11 is 0. The summed E-state index contributed by atoms with van der Waals surface area (Å²) in [6, 6.07) is 11.2. The van der Waals surface area contributed by atoms with Crippen molar-refractivity contribution >= 4 is 34.7 Å². The van der Waals surface area contributed by atoms with E-state index in [4.69, 9.17) is 10.5 Å². The lowest BCUT2D eigenvalue weighted by molar-refractivity contribution is -0.145. The molecule has 12 nitrogen and oxygen atoms in total. The second-order valence-electron chi connectivity index (χ2n) is 10.7. The molecule has 2 fully saturated rings. The molecule has 2 aliphatic heterocycles. The number of fused-ring (bicyclic) bond motifs is 1. The van der Waals surface area contributed by atoms with Gasteiger partial charge in [-0.15, -0.1) is 0 Å². The third-order valence-electron chi connectivity index (χ3n) is 7.81. The van der Waals surface area contributed by atoms with Crippen LogP contribution in [0.1, 0.15) is 36.9 Å². The number of carbonyl (C=O) groups excluding carboxylic acids is 4. The van der Waals surface area contributed by atoms with E-state index in [1.807, 2.05) is 42.5 Å². The number of ether oxygens (including phenoxy) is 1. The smallest absolute Gasteiger partial charge is 0.410 e. The van der Waals surface area contributed by atoms with E-state index >= 15 is 0 Å². The van der Waals surface area contributed by atoms with Crippen LogP contribution in [0.3, 0.4) is 0 Å². The molecule has 4 N–H and O–H groups in total. The number of rotatable bonds is 9. The van der Waals surface area contributed by atoms with E-state index in [0.717, 1.165) is 48.1 Å². The number of likely N-dealkylation sites (tertiary alicyclic amines) is 1. The standard InChI is InChI=1S/C30H37N7O5/c31-24(8-9-27(38)35-12-4-5-13-35)29(40)37-15-14-36(30(41)42-20-21-6-2-1-3-7-21)19-26(37)28(39)33-17-23-16-22-10-11-32-18-25(22)34-23/h1-3,6-7,10-11,16,18,24,26,34H,4-5,8-9,12-15,17,19-20,31H2,(H,33,39)/t24-,26+/m1/s1. The highest BCUT2D eigenvalue weighted by Gasteiger charge is 2.39. The Morgan fingerprint density at radius 2 is 1.83 bits per heavy atom. The van der Waals surface area contributed by atoms with Crippen LogP contribution in [-0.2, 0) is 32.3 Å². The normalized spacial score (nSPS) is 17.7. The zero-order valence-electron chi connectivity index (χ0n) is 23.5. The van der Waals surface area contributed by atoms with Crippen LogP contribution in [0.25, 0.3) is 10.9 Å². The van der Waals surface area contributed by atoms with E-state index in [9.17, 15) is 19.2 Å². The van der Waals surface area contributed by atoms with Crippen molar-refractivity contribution in [1.82, 2.24) is 30.0 Å². The van der Waals surface area contributed by atoms with Gasteiger partial charge in [0.1, 0.15) is 12.6 Å². The average molecular weight is 576 g/mol. The van der Waals surface area contributed by atoms with Crippen LogP contribution in [-0.4, -0.2) is 93.3 Å². The third-order valence-corrected chi connectivity index (χ3v) is 7.81. The van der Waals surface area contributed by atoms with Gasteiger partial charge in [-0.3, -0.25) is 19.4 Å². The zero-order valence-corrected chi connectivity index (χ0v) is 23.5. The maximum atomic E-state index is 13.5. The van der Waals surface area contributed by atoms with Gasteiger partial charge in [0.05, 0.1) is 30.8 Å². The monoisotopic (exact) mass is 575 g/mol. The summed E-state index contributed by atoms with van der Waals surface area (Å²) < 4.78 is 5.49. The molecule has 2 saturated heterocycles. The lowest BCUT2D eigenvalue weighted by Gasteiger charge is -2.41. The highest BCUT2D eigenvalue weighted by Crippen LogP contribution is 2.18. The first-order valence-electron chi connectivity index (χ1n) is 14.4. The maximum absolute atomic E-state index is 13.5. The fourth-order valence-electron chi connectivity index (χ4n) is 5.42. The number of nitrogens with one attached hydrogen (secondary N) is 2. The SMILES string of the molecule is N[C@H](CCC(=O)N1CCCC1)C(=O)N1CCN(C(=O)OCc2ccccc2)C[C@H]1C(=O)NCc1cc2ccncc2[nH]1. The van der Waals surface area contributed by atoms with Gasteiger partial charge in [-0.1, -0.05) is 30.3 Å². The second kappa shape index (κ2) is 13.5. The van der Waals surface area contributed by atoms with Crippen molar-refractivity contribution in [2.45, 2.75) is 50.9 Å². The number of nitrogens with zero attached hydrogens (tertiary/aromatic N) is 4. The van der Waals surface area contributed by atoms with Crippen LogP contribution < -0.4 is 11.1 Å². The number of pyridine rings is 1. The molecule has 5 rings (SSSR count). The Hall–Kier alpha value is -4.45. The highest BCUT2D eigenvalue weighted by atomic mass is 16.6. The molecule has 0 spiro atoms. The Balaban J connectivity index is 1.24. The average Bonchev–Trinajstić information content (AvgIpc) is 3.71. The largest absolute Gasteiger partial charge is 0.445 e. The fourth-order valence-corrected chi connectivity index (χ4v) is 5.42. The molecular formula is C30H37N7O5. The number of amides is 4. The quantitative estimate of drug-likeness (QED) is 0.351. The van der Waals surface area contributed by atoms with Crippen molar-refractivity contribution < 1.29 is 23.9 Å². The maximum Gasteiger partial charge on any atom is 0.410 e. The zero-order chi connectivity index (χ0) is 29.5. The molecule has 0 radical (unpaired) electrons. The Bertz CT molecular complexity index is 1370. The molecule has 2 atom stereocenters. The van der Waals surface area contributed by atoms with Crippen molar-refractivity contribution in [2.75, 3.05) is 32.7 Å². The minimum atomic E-state index is -0.970. The fraction of sp³-hybridized carbons (Fsp3) is 0.433. The molecule has 4 amide bonds. The molecule has 2 aliphatic rings. The van der Waals surface area contributed by atoms with Crippen LogP contribution in [0.2, 0.25) is 0 Å². The molecule has 0 saturated carbocycles. The van der Waals surface area contributed by atoms with E-state index in [1.165, 1.54) is 9.80 Å². The molecule has 1 aromatic carbocycles. The summed E-state index contributed by atoms with van der Waals surface area (Å²) in [6.45, 7) is 2.03. The van der Waals surface area contributed by atoms with Gasteiger partial charge in [0, 0.05) is 49.9 Å². The van der Waals surface area contributed by atoms with E-state index in [0.29, 0.717) is 0 Å². The number of aromatic amines is 1. The number of hydrogen-bond donors (Lipinski definition) is 3. The predicted molar refractivity (Wildman–Crippen MR) is 155 cm³/mol. The van der Waals surface area contributed by atoms with Gasteiger partial charge in [0.25, 0.3) is 0 Å². The topological polar surface area (TPSA) is 154 Å². The van der Waals surface area contributed by atoms with Crippen molar-refractivity contribution in [2.24, 2.45) is 5.73 Å². The summed E-state index contributed by atoms with van der Waals surface area (Å²) in [5, 5.41) is 3.86. The highest BCUT2D eigenvalue weighted by molar-refractivity contribution is 5.91. The Morgan fingerprint density at radius 3 is 2.60 bits per heavy atom. The van der Waals surface area contributed by atoms with Gasteiger partial charge < -0.3 is 35.5 Å². The number of aromatic nitrogens is 2. The molecule has 12 heteroatoms. The summed E-state index contributed by atoms with van der Waals surface area (Å²) in [4.78, 5) is 64.4. The number of nitrogens with two attached hydrogens (primary N) is 1. The number of H-pyrrole nitrogens is 1. The summed E-state index contributed by atoms with van der Waals surface area (Å²) in [6.07, 6.45) is 5.17. The van der Waals surface area contributed by atoms with Crippen molar-refractivity contribution in [3.63, 3.8) is 0 Å². The van der Waals surface area contributed by atoms with Crippen molar-refractivity contribution in [3.8, 4) is 0 Å². The number of benzene rings is 1. The molecule has 222 valence electrons. The van der Waals surface area contributed by atoms with Gasteiger partial charge in [-0.2, -0.15) is 0 Å². The number of hydrogen-bond acceptors (Lipinski definition) is 7. The summed E-state index contributed by atoms with van der Waals surface area (Å²) in [7, 11) is 0. The molecular weight excluding hydrogens is 538 g/mol. The third kappa shape index (κ3) is 7.06. The van der Waals surface area contributed by atoms with Gasteiger partial charge >= 0.3 is 6.09 Å². The van der Waals surface area contributed by atoms with Gasteiger partial charge in [0.2, 0.25) is 17.7 Å². The van der Waals surface area contributed by atoms with Gasteiger partial charge in [-0.25, -0.2) is 4.79 Å². The summed E-state index contributed by atoms with van der Waals surface area (Å²) in [5.74, 6) is -0.844. The van der Waals surface area contributed by atoms with E-state index < -0.39 is 30.0 Å². The van der Waals surface area contributed by atoms with E-state index in [2.05, 4.69) is 15.3 Å². The molecule has 0 aliphatic carbocycles. The summed E-state index contributed by atoms with van der Waals surface area (Å²) in [5.41, 5.74) is 8.73. The Morgan fingerprint density at radius 1 is 1.05 bits per heavy atom. The molecule has 2 aromatic heterocycles. The molecule has 0 bridgehead atoms. The lowest BCUT2D eigenvalue weighted by Crippen LogP contribution is -2.63. The molecule has 3 aromatic rings. The first-order chi connectivity index (χ1) is 20.4.